The van der Waals surface area contributed by atoms with Gasteiger partial charge in [-0.3, -0.25) is 9.89 Å². The minimum atomic E-state index is -0.243. The molecule has 0 unspecified atom stereocenters. The maximum Gasteiger partial charge on any atom is 0.264 e. The molecule has 1 N–H and O–H groups in total. The number of aromatic nitrogens is 3. The number of carbonyl (C=O) groups excluding carboxylic acids is 1. The van der Waals surface area contributed by atoms with Crippen molar-refractivity contribution >= 4 is 17.2 Å². The van der Waals surface area contributed by atoms with E-state index in [1.807, 2.05) is 11.8 Å². The number of hydrogen-bond donors (Lipinski definition) is 1. The van der Waals surface area contributed by atoms with Crippen molar-refractivity contribution in [2.45, 2.75) is 38.7 Å². The van der Waals surface area contributed by atoms with Crippen LogP contribution in [0.4, 0.5) is 0 Å². The van der Waals surface area contributed by atoms with Gasteiger partial charge in [-0.25, -0.2) is 4.98 Å². The number of H-pyrrole nitrogens is 1. The van der Waals surface area contributed by atoms with Crippen LogP contribution in [0.2, 0.25) is 0 Å². The summed E-state index contributed by atoms with van der Waals surface area (Å²) < 4.78 is 5.74. The standard InChI is InChI=1S/C16H20N4O2S/c1-10-17-15(19-18-10)12-9-20(6-7-22-12)16(21)14-8-11-4-2-3-5-13(11)23-14/h8,12H,2-7,9H2,1H3,(H,17,18,19)/t12-/m0/s1. The van der Waals surface area contributed by atoms with Crippen LogP contribution in [-0.2, 0) is 17.6 Å². The lowest BCUT2D eigenvalue weighted by Gasteiger charge is -2.31. The Hall–Kier alpha value is -1.73. The van der Waals surface area contributed by atoms with Gasteiger partial charge in [0.2, 0.25) is 0 Å². The Labute approximate surface area is 138 Å². The van der Waals surface area contributed by atoms with Gasteiger partial charge in [-0.1, -0.05) is 0 Å². The quantitative estimate of drug-likeness (QED) is 0.916. The number of hydrogen-bond acceptors (Lipinski definition) is 5. The summed E-state index contributed by atoms with van der Waals surface area (Å²) in [6, 6.07) is 2.10. The molecule has 2 aliphatic rings. The van der Waals surface area contributed by atoms with E-state index in [9.17, 15) is 4.79 Å². The average molecular weight is 332 g/mol. The van der Waals surface area contributed by atoms with Crippen molar-refractivity contribution < 1.29 is 9.53 Å². The average Bonchev–Trinajstić information content (AvgIpc) is 3.20. The van der Waals surface area contributed by atoms with Crippen molar-refractivity contribution in [1.29, 1.82) is 0 Å². The minimum Gasteiger partial charge on any atom is -0.366 e. The molecule has 1 aliphatic heterocycles. The Bertz CT molecular complexity index is 700. The third kappa shape index (κ3) is 2.90. The fourth-order valence-electron chi connectivity index (χ4n) is 3.25. The second-order valence-electron chi connectivity index (χ2n) is 6.16. The van der Waals surface area contributed by atoms with E-state index in [1.165, 1.54) is 23.3 Å². The third-order valence-corrected chi connectivity index (χ3v) is 5.69. The zero-order valence-electron chi connectivity index (χ0n) is 13.2. The number of fused-ring (bicyclic) bond motifs is 1. The zero-order valence-corrected chi connectivity index (χ0v) is 14.0. The Balaban J connectivity index is 1.50. The van der Waals surface area contributed by atoms with Crippen LogP contribution in [0.15, 0.2) is 6.07 Å². The fourth-order valence-corrected chi connectivity index (χ4v) is 4.47. The largest absolute Gasteiger partial charge is 0.366 e. The molecule has 6 nitrogen and oxygen atoms in total. The SMILES string of the molecule is Cc1nc([C@@H]2CN(C(=O)c3cc4c(s3)CCCC4)CCO2)n[nH]1. The number of rotatable bonds is 2. The van der Waals surface area contributed by atoms with Gasteiger partial charge in [-0.05, 0) is 44.2 Å². The number of nitrogens with one attached hydrogen (secondary N) is 1. The predicted octanol–water partition coefficient (Wildman–Crippen LogP) is 2.27. The van der Waals surface area contributed by atoms with Gasteiger partial charge in [0, 0.05) is 11.4 Å². The van der Waals surface area contributed by atoms with E-state index < -0.39 is 0 Å². The molecule has 122 valence electrons. The highest BCUT2D eigenvalue weighted by atomic mass is 32.1. The molecule has 23 heavy (non-hydrogen) atoms. The number of thiophene rings is 1. The lowest BCUT2D eigenvalue weighted by atomic mass is 9.99. The summed E-state index contributed by atoms with van der Waals surface area (Å²) >= 11 is 1.67. The molecule has 3 heterocycles. The molecule has 7 heteroatoms. The molecule has 0 bridgehead atoms. The molecule has 0 spiro atoms. The molecule has 0 saturated carbocycles. The highest BCUT2D eigenvalue weighted by Gasteiger charge is 2.29. The predicted molar refractivity (Wildman–Crippen MR) is 86.7 cm³/mol. The smallest absolute Gasteiger partial charge is 0.264 e. The van der Waals surface area contributed by atoms with E-state index in [1.54, 1.807) is 11.3 Å². The Kier molecular flexibility index (Phi) is 3.90. The summed E-state index contributed by atoms with van der Waals surface area (Å²) in [5.74, 6) is 1.51. The molecule has 1 amide bonds. The first-order chi connectivity index (χ1) is 11.2. The van der Waals surface area contributed by atoms with Crippen LogP contribution in [0.5, 0.6) is 0 Å². The van der Waals surface area contributed by atoms with Gasteiger partial charge < -0.3 is 9.64 Å². The second-order valence-corrected chi connectivity index (χ2v) is 7.29. The normalized spacial score (nSPS) is 21.3. The molecule has 2 aromatic heterocycles. The monoisotopic (exact) mass is 332 g/mol. The Morgan fingerprint density at radius 3 is 3.09 bits per heavy atom. The van der Waals surface area contributed by atoms with Crippen molar-refractivity contribution in [1.82, 2.24) is 20.1 Å². The van der Waals surface area contributed by atoms with E-state index in [2.05, 4.69) is 21.2 Å². The lowest BCUT2D eigenvalue weighted by molar-refractivity contribution is -0.0265. The van der Waals surface area contributed by atoms with Crippen LogP contribution in [0.25, 0.3) is 0 Å². The minimum absolute atomic E-state index is 0.116. The van der Waals surface area contributed by atoms with Crippen molar-refractivity contribution in [3.05, 3.63) is 33.0 Å². The number of aromatic amines is 1. The first-order valence-electron chi connectivity index (χ1n) is 8.12. The number of morpholine rings is 1. The first kappa shape index (κ1) is 14.8. The number of amides is 1. The molecule has 0 aromatic carbocycles. The van der Waals surface area contributed by atoms with Gasteiger partial charge in [-0.2, -0.15) is 5.10 Å². The van der Waals surface area contributed by atoms with E-state index in [-0.39, 0.29) is 12.0 Å². The van der Waals surface area contributed by atoms with Gasteiger partial charge in [0.15, 0.2) is 5.82 Å². The maximum atomic E-state index is 12.8. The highest BCUT2D eigenvalue weighted by molar-refractivity contribution is 7.14. The van der Waals surface area contributed by atoms with Crippen LogP contribution in [0.3, 0.4) is 0 Å². The highest BCUT2D eigenvalue weighted by Crippen LogP contribution is 2.31. The second kappa shape index (κ2) is 6.05. The summed E-state index contributed by atoms with van der Waals surface area (Å²) in [7, 11) is 0. The molecular weight excluding hydrogens is 312 g/mol. The molecule has 1 saturated heterocycles. The molecule has 0 radical (unpaired) electrons. The number of nitrogens with zero attached hydrogens (tertiary/aromatic N) is 3. The van der Waals surface area contributed by atoms with E-state index in [0.717, 1.165) is 23.5 Å². The van der Waals surface area contributed by atoms with Crippen LogP contribution in [-0.4, -0.2) is 45.7 Å². The Morgan fingerprint density at radius 1 is 1.43 bits per heavy atom. The molecule has 4 rings (SSSR count). The van der Waals surface area contributed by atoms with Crippen LogP contribution < -0.4 is 0 Å². The molecule has 1 fully saturated rings. The number of ether oxygens (including phenoxy) is 1. The van der Waals surface area contributed by atoms with E-state index in [4.69, 9.17) is 4.74 Å². The van der Waals surface area contributed by atoms with Crippen molar-refractivity contribution in [3.8, 4) is 0 Å². The zero-order chi connectivity index (χ0) is 15.8. The maximum absolute atomic E-state index is 12.8. The van der Waals surface area contributed by atoms with Crippen molar-refractivity contribution in [3.63, 3.8) is 0 Å². The van der Waals surface area contributed by atoms with Gasteiger partial charge >= 0.3 is 0 Å². The first-order valence-corrected chi connectivity index (χ1v) is 8.94. The van der Waals surface area contributed by atoms with E-state index >= 15 is 0 Å². The fraction of sp³-hybridized carbons (Fsp3) is 0.562. The number of carbonyl (C=O) groups is 1. The molecule has 2 aromatic rings. The van der Waals surface area contributed by atoms with Gasteiger partial charge in [0.25, 0.3) is 5.91 Å². The summed E-state index contributed by atoms with van der Waals surface area (Å²) in [6.45, 7) is 3.52. The summed E-state index contributed by atoms with van der Waals surface area (Å²) in [4.78, 5) is 21.3. The summed E-state index contributed by atoms with van der Waals surface area (Å²) in [5.41, 5.74) is 1.37. The van der Waals surface area contributed by atoms with Crippen LogP contribution >= 0.6 is 11.3 Å². The van der Waals surface area contributed by atoms with Gasteiger partial charge in [0.1, 0.15) is 11.9 Å². The summed E-state index contributed by atoms with van der Waals surface area (Å²) in [5, 5.41) is 6.99. The third-order valence-electron chi connectivity index (χ3n) is 4.46. The van der Waals surface area contributed by atoms with E-state index in [0.29, 0.717) is 25.5 Å². The lowest BCUT2D eigenvalue weighted by Crippen LogP contribution is -2.42. The Morgan fingerprint density at radius 2 is 2.30 bits per heavy atom. The van der Waals surface area contributed by atoms with Crippen LogP contribution in [0, 0.1) is 6.92 Å². The van der Waals surface area contributed by atoms with Gasteiger partial charge in [-0.15, -0.1) is 11.3 Å². The summed E-state index contributed by atoms with van der Waals surface area (Å²) in [6.07, 6.45) is 4.47. The van der Waals surface area contributed by atoms with Gasteiger partial charge in [0.05, 0.1) is 18.0 Å². The van der Waals surface area contributed by atoms with Crippen molar-refractivity contribution in [2.75, 3.05) is 19.7 Å². The topological polar surface area (TPSA) is 71.1 Å². The molecule has 1 atom stereocenters. The molecule has 1 aliphatic carbocycles. The molecular formula is C16H20N4O2S. The number of aryl methyl sites for hydroxylation is 3. The van der Waals surface area contributed by atoms with Crippen LogP contribution in [0.1, 0.15) is 50.7 Å². The van der Waals surface area contributed by atoms with Crippen molar-refractivity contribution in [2.24, 2.45) is 0 Å².